The molecular weight excluding hydrogens is 312 g/mol. The summed E-state index contributed by atoms with van der Waals surface area (Å²) in [5.74, 6) is 1.92. The second-order valence-electron chi connectivity index (χ2n) is 7.01. The minimum absolute atomic E-state index is 0.275. The monoisotopic (exact) mass is 338 g/mol. The smallest absolute Gasteiger partial charge is 0.138 e. The maximum Gasteiger partial charge on any atom is 0.138 e. The predicted octanol–water partition coefficient (Wildman–Crippen LogP) is 2.06. The van der Waals surface area contributed by atoms with E-state index in [2.05, 4.69) is 57.4 Å². The van der Waals surface area contributed by atoms with Gasteiger partial charge in [0.1, 0.15) is 17.7 Å². The highest BCUT2D eigenvalue weighted by Gasteiger charge is 2.28. The average Bonchev–Trinajstić information content (AvgIpc) is 2.63. The minimum Gasteiger partial charge on any atom is -0.486 e. The molecule has 5 heteroatoms. The van der Waals surface area contributed by atoms with E-state index in [1.807, 2.05) is 12.3 Å². The number of piperazine rings is 1. The number of aromatic nitrogens is 1. The Morgan fingerprint density at radius 1 is 1.08 bits per heavy atom. The van der Waals surface area contributed by atoms with Gasteiger partial charge in [-0.2, -0.15) is 0 Å². The van der Waals surface area contributed by atoms with Crippen LogP contribution in [0.15, 0.2) is 42.6 Å². The van der Waals surface area contributed by atoms with E-state index in [4.69, 9.17) is 4.74 Å². The van der Waals surface area contributed by atoms with Crippen molar-refractivity contribution in [3.05, 3.63) is 53.7 Å². The molecule has 2 fully saturated rings. The van der Waals surface area contributed by atoms with E-state index in [1.54, 1.807) is 0 Å². The normalized spacial score (nSPS) is 18.8. The summed E-state index contributed by atoms with van der Waals surface area (Å²) in [7, 11) is 0. The van der Waals surface area contributed by atoms with Crippen molar-refractivity contribution < 1.29 is 4.74 Å². The van der Waals surface area contributed by atoms with Crippen LogP contribution in [0.25, 0.3) is 0 Å². The van der Waals surface area contributed by atoms with E-state index < -0.39 is 0 Å². The average molecular weight is 338 g/mol. The number of pyridine rings is 1. The fourth-order valence-electron chi connectivity index (χ4n) is 3.39. The molecule has 2 saturated heterocycles. The summed E-state index contributed by atoms with van der Waals surface area (Å²) in [5, 5.41) is 3.36. The molecule has 0 amide bonds. The Bertz CT molecular complexity index is 674. The Hall–Kier alpha value is -2.11. The van der Waals surface area contributed by atoms with Gasteiger partial charge in [0.2, 0.25) is 0 Å². The van der Waals surface area contributed by atoms with Crippen molar-refractivity contribution in [2.75, 3.05) is 44.2 Å². The third-order valence-corrected chi connectivity index (χ3v) is 4.91. The molecule has 0 unspecified atom stereocenters. The highest BCUT2D eigenvalue weighted by Crippen LogP contribution is 2.21. The van der Waals surface area contributed by atoms with Gasteiger partial charge in [0.25, 0.3) is 0 Å². The number of rotatable bonds is 5. The fourth-order valence-corrected chi connectivity index (χ4v) is 3.39. The first kappa shape index (κ1) is 16.4. The van der Waals surface area contributed by atoms with Gasteiger partial charge in [-0.25, -0.2) is 4.98 Å². The lowest BCUT2D eigenvalue weighted by Gasteiger charge is -2.39. The molecule has 1 N–H and O–H groups in total. The molecule has 2 aliphatic rings. The number of benzene rings is 1. The number of likely N-dealkylation sites (tertiary alicyclic amines) is 1. The van der Waals surface area contributed by atoms with Crippen LogP contribution in [0, 0.1) is 6.92 Å². The van der Waals surface area contributed by atoms with Gasteiger partial charge < -0.3 is 15.0 Å². The molecule has 2 aromatic rings. The second-order valence-corrected chi connectivity index (χ2v) is 7.01. The van der Waals surface area contributed by atoms with Crippen molar-refractivity contribution >= 4 is 5.82 Å². The van der Waals surface area contributed by atoms with Crippen LogP contribution in [0.2, 0.25) is 0 Å². The molecule has 25 heavy (non-hydrogen) atoms. The van der Waals surface area contributed by atoms with Crippen LogP contribution in [-0.2, 0) is 6.54 Å². The molecular formula is C20H26N4O. The fraction of sp³-hybridized carbons (Fsp3) is 0.450. The van der Waals surface area contributed by atoms with Crippen LogP contribution in [0.5, 0.6) is 5.75 Å². The zero-order valence-electron chi connectivity index (χ0n) is 14.8. The SMILES string of the molecule is Cc1ccc(CN2CC(Oc3ccc(N4CCNCC4)nc3)C2)cc1. The van der Waals surface area contributed by atoms with E-state index >= 15 is 0 Å². The van der Waals surface area contributed by atoms with Gasteiger partial charge in [0.05, 0.1) is 6.20 Å². The van der Waals surface area contributed by atoms with E-state index in [9.17, 15) is 0 Å². The van der Waals surface area contributed by atoms with Gasteiger partial charge in [0.15, 0.2) is 0 Å². The summed E-state index contributed by atoms with van der Waals surface area (Å²) < 4.78 is 6.04. The van der Waals surface area contributed by atoms with E-state index in [1.165, 1.54) is 11.1 Å². The van der Waals surface area contributed by atoms with Crippen LogP contribution in [-0.4, -0.2) is 55.3 Å². The summed E-state index contributed by atoms with van der Waals surface area (Å²) in [5.41, 5.74) is 2.68. The Labute approximate surface area is 149 Å². The molecule has 0 atom stereocenters. The molecule has 2 aliphatic heterocycles. The topological polar surface area (TPSA) is 40.6 Å². The molecule has 3 heterocycles. The zero-order chi connectivity index (χ0) is 17.1. The number of anilines is 1. The third kappa shape index (κ3) is 4.11. The van der Waals surface area contributed by atoms with E-state index in [-0.39, 0.29) is 6.10 Å². The van der Waals surface area contributed by atoms with Crippen molar-refractivity contribution in [2.24, 2.45) is 0 Å². The number of ether oxygens (including phenoxy) is 1. The number of aryl methyl sites for hydroxylation is 1. The van der Waals surface area contributed by atoms with Crippen LogP contribution < -0.4 is 15.0 Å². The van der Waals surface area contributed by atoms with E-state index in [0.717, 1.165) is 57.4 Å². The van der Waals surface area contributed by atoms with Gasteiger partial charge in [-0.15, -0.1) is 0 Å². The predicted molar refractivity (Wildman–Crippen MR) is 100 cm³/mol. The van der Waals surface area contributed by atoms with Gasteiger partial charge >= 0.3 is 0 Å². The van der Waals surface area contributed by atoms with Crippen molar-refractivity contribution in [1.82, 2.24) is 15.2 Å². The molecule has 0 saturated carbocycles. The molecule has 0 radical (unpaired) electrons. The lowest BCUT2D eigenvalue weighted by Crippen LogP contribution is -2.53. The summed E-state index contributed by atoms with van der Waals surface area (Å²) >= 11 is 0. The highest BCUT2D eigenvalue weighted by atomic mass is 16.5. The summed E-state index contributed by atoms with van der Waals surface area (Å²) in [6.07, 6.45) is 2.14. The second kappa shape index (κ2) is 7.42. The van der Waals surface area contributed by atoms with Gasteiger partial charge in [0, 0.05) is 45.8 Å². The van der Waals surface area contributed by atoms with Crippen LogP contribution >= 0.6 is 0 Å². The van der Waals surface area contributed by atoms with Gasteiger partial charge in [-0.3, -0.25) is 4.90 Å². The number of nitrogens with one attached hydrogen (secondary N) is 1. The summed E-state index contributed by atoms with van der Waals surface area (Å²) in [4.78, 5) is 9.30. The van der Waals surface area contributed by atoms with Crippen molar-refractivity contribution in [3.8, 4) is 5.75 Å². The maximum absolute atomic E-state index is 6.04. The lowest BCUT2D eigenvalue weighted by atomic mass is 10.1. The van der Waals surface area contributed by atoms with Crippen LogP contribution in [0.4, 0.5) is 5.82 Å². The van der Waals surface area contributed by atoms with Gasteiger partial charge in [-0.1, -0.05) is 29.8 Å². The zero-order valence-corrected chi connectivity index (χ0v) is 14.8. The first-order valence-electron chi connectivity index (χ1n) is 9.12. The van der Waals surface area contributed by atoms with Crippen molar-refractivity contribution in [1.29, 1.82) is 0 Å². The Morgan fingerprint density at radius 2 is 1.84 bits per heavy atom. The lowest BCUT2D eigenvalue weighted by molar-refractivity contribution is 0.0144. The molecule has 4 rings (SSSR count). The quantitative estimate of drug-likeness (QED) is 0.904. The molecule has 1 aromatic heterocycles. The van der Waals surface area contributed by atoms with Gasteiger partial charge in [-0.05, 0) is 24.6 Å². The summed E-state index contributed by atoms with van der Waals surface area (Å²) in [6.45, 7) is 9.17. The molecule has 132 valence electrons. The first-order valence-corrected chi connectivity index (χ1v) is 9.12. The Morgan fingerprint density at radius 3 is 2.52 bits per heavy atom. The number of hydrogen-bond acceptors (Lipinski definition) is 5. The number of hydrogen-bond donors (Lipinski definition) is 1. The maximum atomic E-state index is 6.04. The Balaban J connectivity index is 1.24. The molecule has 0 bridgehead atoms. The van der Waals surface area contributed by atoms with Crippen LogP contribution in [0.3, 0.4) is 0 Å². The molecule has 0 spiro atoms. The molecule has 0 aliphatic carbocycles. The third-order valence-electron chi connectivity index (χ3n) is 4.91. The number of nitrogens with zero attached hydrogens (tertiary/aromatic N) is 3. The Kier molecular flexibility index (Phi) is 4.85. The molecule has 1 aromatic carbocycles. The van der Waals surface area contributed by atoms with Crippen LogP contribution in [0.1, 0.15) is 11.1 Å². The molecule has 5 nitrogen and oxygen atoms in total. The standard InChI is InChI=1S/C20H26N4O/c1-16-2-4-17(5-3-16)13-23-14-19(15-23)25-18-6-7-20(22-12-18)24-10-8-21-9-11-24/h2-7,12,19,21H,8-11,13-15H2,1H3. The van der Waals surface area contributed by atoms with Crippen molar-refractivity contribution in [3.63, 3.8) is 0 Å². The minimum atomic E-state index is 0.275. The van der Waals surface area contributed by atoms with E-state index in [0.29, 0.717) is 0 Å². The summed E-state index contributed by atoms with van der Waals surface area (Å²) in [6, 6.07) is 12.9. The highest BCUT2D eigenvalue weighted by molar-refractivity contribution is 5.41. The van der Waals surface area contributed by atoms with Crippen molar-refractivity contribution in [2.45, 2.75) is 19.6 Å². The first-order chi connectivity index (χ1) is 12.3. The largest absolute Gasteiger partial charge is 0.486 e.